The van der Waals surface area contributed by atoms with Gasteiger partial charge in [-0.3, -0.25) is 9.59 Å². The Bertz CT molecular complexity index is 1090. The van der Waals surface area contributed by atoms with Gasteiger partial charge < -0.3 is 39.4 Å². The van der Waals surface area contributed by atoms with Crippen LogP contribution in [-0.4, -0.2) is 89.0 Å². The first-order valence-electron chi connectivity index (χ1n) is 23.2. The lowest BCUT2D eigenvalue weighted by Gasteiger charge is -2.39. The summed E-state index contributed by atoms with van der Waals surface area (Å²) in [6.45, 7) is 3.29. The Hall–Kier alpha value is -2.34. The molecule has 1 rings (SSSR count). The van der Waals surface area contributed by atoms with E-state index in [2.05, 4.69) is 62.5 Å². The van der Waals surface area contributed by atoms with Crippen molar-refractivity contribution >= 4 is 11.9 Å². The number of carbonyl (C=O) groups excluding carboxylic acids is 2. The van der Waals surface area contributed by atoms with E-state index < -0.39 is 49.4 Å². The average molecular weight is 821 g/mol. The largest absolute Gasteiger partial charge is 0.462 e. The van der Waals surface area contributed by atoms with Crippen molar-refractivity contribution in [1.82, 2.24) is 0 Å². The topological polar surface area (TPSA) is 152 Å². The number of unbranched alkanes of at least 4 members (excludes halogenated alkanes) is 19. The van der Waals surface area contributed by atoms with Crippen LogP contribution in [0.4, 0.5) is 0 Å². The fraction of sp³-hybridized carbons (Fsp3) is 0.792. The summed E-state index contributed by atoms with van der Waals surface area (Å²) in [6.07, 6.45) is 38.2. The summed E-state index contributed by atoms with van der Waals surface area (Å²) in [5.74, 6) is -0.827. The van der Waals surface area contributed by atoms with Gasteiger partial charge in [0.15, 0.2) is 12.4 Å². The van der Waals surface area contributed by atoms with Crippen LogP contribution in [0.25, 0.3) is 0 Å². The van der Waals surface area contributed by atoms with Crippen LogP contribution in [0.15, 0.2) is 48.6 Å². The van der Waals surface area contributed by atoms with Gasteiger partial charge in [-0.2, -0.15) is 0 Å². The van der Waals surface area contributed by atoms with Gasteiger partial charge in [0.05, 0.1) is 13.2 Å². The second-order valence-corrected chi connectivity index (χ2v) is 15.8. The first-order valence-corrected chi connectivity index (χ1v) is 23.2. The smallest absolute Gasteiger partial charge is 0.306 e. The normalized spacial score (nSPS) is 20.6. The van der Waals surface area contributed by atoms with Gasteiger partial charge in [0.2, 0.25) is 0 Å². The zero-order valence-corrected chi connectivity index (χ0v) is 36.5. The van der Waals surface area contributed by atoms with Crippen LogP contribution in [0.3, 0.4) is 0 Å². The monoisotopic (exact) mass is 821 g/mol. The van der Waals surface area contributed by atoms with Crippen molar-refractivity contribution in [3.63, 3.8) is 0 Å². The Kier molecular flexibility index (Phi) is 35.9. The molecule has 0 aromatic heterocycles. The molecule has 1 aliphatic heterocycles. The molecule has 4 N–H and O–H groups in total. The van der Waals surface area contributed by atoms with Crippen molar-refractivity contribution in [3.8, 4) is 0 Å². The van der Waals surface area contributed by atoms with Gasteiger partial charge >= 0.3 is 11.9 Å². The number of hydrogen-bond donors (Lipinski definition) is 4. The second-order valence-electron chi connectivity index (χ2n) is 15.8. The lowest BCUT2D eigenvalue weighted by molar-refractivity contribution is -0.305. The minimum absolute atomic E-state index is 0.216. The molecule has 6 atom stereocenters. The molecule has 0 aliphatic carbocycles. The number of esters is 2. The van der Waals surface area contributed by atoms with Crippen molar-refractivity contribution in [2.24, 2.45) is 0 Å². The third-order valence-corrected chi connectivity index (χ3v) is 10.4. The van der Waals surface area contributed by atoms with Gasteiger partial charge in [0.25, 0.3) is 0 Å². The van der Waals surface area contributed by atoms with Crippen LogP contribution in [-0.2, 0) is 28.5 Å². The van der Waals surface area contributed by atoms with E-state index in [-0.39, 0.29) is 32.0 Å². The van der Waals surface area contributed by atoms with E-state index in [1.54, 1.807) is 0 Å². The summed E-state index contributed by atoms with van der Waals surface area (Å²) in [6, 6.07) is 0. The average Bonchev–Trinajstić information content (AvgIpc) is 3.22. The van der Waals surface area contributed by atoms with Crippen LogP contribution in [0, 0.1) is 0 Å². The Morgan fingerprint density at radius 1 is 0.552 bits per heavy atom. The Morgan fingerprint density at radius 3 is 1.55 bits per heavy atom. The molecule has 0 aromatic rings. The van der Waals surface area contributed by atoms with Crippen LogP contribution >= 0.6 is 0 Å². The molecule has 0 radical (unpaired) electrons. The standard InChI is InChI=1S/C48H84O10/c1-3-5-7-9-11-13-15-17-19-21-23-25-27-29-31-33-35-37-44(51)57-41(40-56-48-47(54)46(53)45(52)42(38-49)58-48)39-55-43(50)36-34-32-30-28-26-24-22-20-18-16-14-12-10-8-6-4-2/h5,7,11,13,17,19-20,22,41-42,45-49,52-54H,3-4,6,8-10,12,14-16,18,21,23-40H2,1-2H3/b7-5-,13-11-,19-17-,22-20-. The molecule has 1 fully saturated rings. The molecule has 0 bridgehead atoms. The number of aliphatic hydroxyl groups excluding tert-OH is 4. The van der Waals surface area contributed by atoms with E-state index in [0.717, 1.165) is 77.0 Å². The second kappa shape index (κ2) is 38.8. The van der Waals surface area contributed by atoms with Crippen LogP contribution in [0.2, 0.25) is 0 Å². The third-order valence-electron chi connectivity index (χ3n) is 10.4. The molecule has 6 unspecified atom stereocenters. The highest BCUT2D eigenvalue weighted by molar-refractivity contribution is 5.70. The highest BCUT2D eigenvalue weighted by atomic mass is 16.7. The zero-order chi connectivity index (χ0) is 42.3. The van der Waals surface area contributed by atoms with Crippen LogP contribution in [0.1, 0.15) is 187 Å². The maximum absolute atomic E-state index is 12.8. The molecule has 1 saturated heterocycles. The number of carbonyl (C=O) groups is 2. The number of rotatable bonds is 38. The fourth-order valence-electron chi connectivity index (χ4n) is 6.79. The predicted octanol–water partition coefficient (Wildman–Crippen LogP) is 10.1. The van der Waals surface area contributed by atoms with Crippen LogP contribution < -0.4 is 0 Å². The zero-order valence-electron chi connectivity index (χ0n) is 36.5. The first kappa shape index (κ1) is 53.7. The molecule has 0 spiro atoms. The Balaban J connectivity index is 2.33. The maximum Gasteiger partial charge on any atom is 0.306 e. The summed E-state index contributed by atoms with van der Waals surface area (Å²) in [7, 11) is 0. The fourth-order valence-corrected chi connectivity index (χ4v) is 6.79. The molecule has 0 aromatic carbocycles. The van der Waals surface area contributed by atoms with Crippen molar-refractivity contribution in [2.45, 2.75) is 224 Å². The van der Waals surface area contributed by atoms with E-state index in [9.17, 15) is 30.0 Å². The Morgan fingerprint density at radius 2 is 1.02 bits per heavy atom. The van der Waals surface area contributed by atoms with Crippen molar-refractivity contribution < 1.29 is 49.0 Å². The summed E-state index contributed by atoms with van der Waals surface area (Å²) in [4.78, 5) is 25.4. The quantitative estimate of drug-likeness (QED) is 0.0269. The first-order chi connectivity index (χ1) is 28.3. The molecule has 0 saturated carbocycles. The van der Waals surface area contributed by atoms with E-state index in [4.69, 9.17) is 18.9 Å². The van der Waals surface area contributed by atoms with Crippen molar-refractivity contribution in [3.05, 3.63) is 48.6 Å². The molecule has 58 heavy (non-hydrogen) atoms. The summed E-state index contributed by atoms with van der Waals surface area (Å²) in [5, 5.41) is 40.1. The molecule has 10 nitrogen and oxygen atoms in total. The lowest BCUT2D eigenvalue weighted by atomic mass is 9.99. The van der Waals surface area contributed by atoms with Gasteiger partial charge in [-0.1, -0.05) is 152 Å². The number of allylic oxidation sites excluding steroid dienone is 8. The maximum atomic E-state index is 12.8. The predicted molar refractivity (Wildman–Crippen MR) is 233 cm³/mol. The molecule has 1 heterocycles. The van der Waals surface area contributed by atoms with Gasteiger partial charge in [-0.05, 0) is 70.6 Å². The minimum Gasteiger partial charge on any atom is -0.462 e. The SMILES string of the molecule is CC/C=C\C/C=C\C/C=C\CCCCCCCCCC(=O)OC(COC(=O)CCCCCCC/C=C\CCCCCCCCC)COC1OC(CO)C(O)C(O)C1O. The number of aliphatic hydroxyl groups is 4. The Labute approximate surface area is 352 Å². The summed E-state index contributed by atoms with van der Waals surface area (Å²) in [5.41, 5.74) is 0. The molecule has 0 amide bonds. The highest BCUT2D eigenvalue weighted by Gasteiger charge is 2.44. The molecule has 1 aliphatic rings. The van der Waals surface area contributed by atoms with Crippen LogP contribution in [0.5, 0.6) is 0 Å². The van der Waals surface area contributed by atoms with Gasteiger partial charge in [-0.15, -0.1) is 0 Å². The van der Waals surface area contributed by atoms with E-state index in [0.29, 0.717) is 12.8 Å². The van der Waals surface area contributed by atoms with E-state index >= 15 is 0 Å². The molecule has 10 heteroatoms. The van der Waals surface area contributed by atoms with Crippen molar-refractivity contribution in [1.29, 1.82) is 0 Å². The van der Waals surface area contributed by atoms with E-state index in [1.807, 2.05) is 0 Å². The van der Waals surface area contributed by atoms with Gasteiger partial charge in [0, 0.05) is 12.8 Å². The van der Waals surface area contributed by atoms with Gasteiger partial charge in [0.1, 0.15) is 31.0 Å². The summed E-state index contributed by atoms with van der Waals surface area (Å²) >= 11 is 0. The number of ether oxygens (including phenoxy) is 4. The molecule has 336 valence electrons. The molecular weight excluding hydrogens is 737 g/mol. The van der Waals surface area contributed by atoms with Gasteiger partial charge in [-0.25, -0.2) is 0 Å². The minimum atomic E-state index is -1.60. The molecular formula is C48H84O10. The lowest BCUT2D eigenvalue weighted by Crippen LogP contribution is -2.59. The van der Waals surface area contributed by atoms with E-state index in [1.165, 1.54) is 70.6 Å². The third kappa shape index (κ3) is 29.8. The highest BCUT2D eigenvalue weighted by Crippen LogP contribution is 2.22. The number of hydrogen-bond acceptors (Lipinski definition) is 10. The summed E-state index contributed by atoms with van der Waals surface area (Å²) < 4.78 is 22.2. The van der Waals surface area contributed by atoms with Crippen molar-refractivity contribution in [2.75, 3.05) is 19.8 Å².